The van der Waals surface area contributed by atoms with Crippen LogP contribution in [0.3, 0.4) is 0 Å². The summed E-state index contributed by atoms with van der Waals surface area (Å²) in [4.78, 5) is 0. The van der Waals surface area contributed by atoms with Crippen molar-refractivity contribution in [2.45, 2.75) is 40.8 Å². The minimum absolute atomic E-state index is 0.639. The number of hydrogen-bond acceptors (Lipinski definition) is 0. The maximum atomic E-state index is 4.90. The van der Waals surface area contributed by atoms with Crippen LogP contribution >= 0.6 is 19.3 Å². The van der Waals surface area contributed by atoms with Crippen LogP contribution in [0.4, 0.5) is 0 Å². The van der Waals surface area contributed by atoms with Crippen molar-refractivity contribution in [1.82, 2.24) is 0 Å². The molecule has 6 aromatic carbocycles. The molecule has 0 spiro atoms. The van der Waals surface area contributed by atoms with Crippen molar-refractivity contribution in [3.05, 3.63) is 156 Å². The van der Waals surface area contributed by atoms with Crippen LogP contribution in [0.1, 0.15) is 22.3 Å². The molecule has 0 N–H and O–H groups in total. The summed E-state index contributed by atoms with van der Waals surface area (Å²) in [7, 11) is 10.6. The standard InChI is InChI=1S/2C19H17.C2H7Si.2ClH.Os/c2*1-14-13-15(2)19(17-11-7-4-8-12-17)18(14)16-9-5-3-6-10-16;1-3-2;;;/h2*3-13H,1-2H3;3H,1-2H3;2*1H;/q2*-1;;;;+2/p-2. The molecule has 4 heteroatoms. The van der Waals surface area contributed by atoms with Crippen molar-refractivity contribution >= 4 is 28.8 Å². The van der Waals surface area contributed by atoms with E-state index in [9.17, 15) is 0 Å². The van der Waals surface area contributed by atoms with Gasteiger partial charge in [-0.2, -0.15) is 56.6 Å². The molecule has 0 fully saturated rings. The number of rotatable bonds is 4. The molecule has 0 aliphatic rings. The molecule has 0 unspecified atom stereocenters. The van der Waals surface area contributed by atoms with Crippen LogP contribution in [0.5, 0.6) is 0 Å². The maximum absolute atomic E-state index is 4.90. The molecule has 229 valence electrons. The Morgan fingerprint density at radius 3 is 0.727 bits per heavy atom. The summed E-state index contributed by atoms with van der Waals surface area (Å²) in [6.45, 7) is 13.2. The van der Waals surface area contributed by atoms with Crippen molar-refractivity contribution in [2.75, 3.05) is 0 Å². The monoisotopic (exact) mass is 811 g/mol. The topological polar surface area (TPSA) is 0 Å². The molecule has 6 rings (SSSR count). The molecular formula is C40H41Cl2OsSi-2. The molecule has 0 atom stereocenters. The first-order valence-corrected chi connectivity index (χ1v) is 23.3. The molecule has 6 aromatic rings. The molecule has 44 heavy (non-hydrogen) atoms. The fraction of sp³-hybridized carbons (Fsp3) is 0.150. The molecule has 0 aromatic heterocycles. The van der Waals surface area contributed by atoms with Crippen molar-refractivity contribution in [1.29, 1.82) is 0 Å². The van der Waals surface area contributed by atoms with E-state index < -0.39 is 15.4 Å². The first-order chi connectivity index (χ1) is 21.4. The fourth-order valence-corrected chi connectivity index (χ4v) is 5.63. The summed E-state index contributed by atoms with van der Waals surface area (Å²) in [5, 5.41) is 0. The van der Waals surface area contributed by atoms with Gasteiger partial charge in [0.05, 0.1) is 0 Å². The van der Waals surface area contributed by atoms with Gasteiger partial charge < -0.3 is 0 Å². The summed E-state index contributed by atoms with van der Waals surface area (Å²) < 4.78 is 0. The molecule has 0 nitrogen and oxygen atoms in total. The van der Waals surface area contributed by atoms with Crippen LogP contribution in [0.25, 0.3) is 44.5 Å². The third kappa shape index (κ3) is 9.50. The van der Waals surface area contributed by atoms with E-state index in [2.05, 4.69) is 174 Å². The first-order valence-electron chi connectivity index (χ1n) is 14.7. The number of aryl methyl sites for hydroxylation is 4. The Bertz CT molecular complexity index is 1410. The van der Waals surface area contributed by atoms with Crippen LogP contribution in [0.2, 0.25) is 13.1 Å². The predicted octanol–water partition coefficient (Wildman–Crippen LogP) is 12.6. The van der Waals surface area contributed by atoms with Gasteiger partial charge in [0.15, 0.2) is 0 Å². The predicted molar refractivity (Wildman–Crippen MR) is 195 cm³/mol. The Labute approximate surface area is 283 Å². The minimum atomic E-state index is -0.639. The van der Waals surface area contributed by atoms with E-state index >= 15 is 0 Å². The second-order valence-electron chi connectivity index (χ2n) is 10.6. The van der Waals surface area contributed by atoms with Gasteiger partial charge in [-0.05, 0) is 0 Å². The average Bonchev–Trinajstić information content (AvgIpc) is 3.52. The molecule has 0 saturated carbocycles. The summed E-state index contributed by atoms with van der Waals surface area (Å²) >= 11 is -0.639. The van der Waals surface area contributed by atoms with E-state index in [1.807, 2.05) is 0 Å². The molecule has 0 saturated heterocycles. The van der Waals surface area contributed by atoms with Gasteiger partial charge >= 0.3 is 34.7 Å². The Morgan fingerprint density at radius 1 is 0.409 bits per heavy atom. The summed E-state index contributed by atoms with van der Waals surface area (Å²) in [5.41, 5.74) is 16.1. The van der Waals surface area contributed by atoms with Crippen LogP contribution in [0, 0.1) is 27.7 Å². The van der Waals surface area contributed by atoms with Gasteiger partial charge in [0.2, 0.25) is 0 Å². The van der Waals surface area contributed by atoms with E-state index in [1.54, 1.807) is 0 Å². The van der Waals surface area contributed by atoms with E-state index in [0.717, 1.165) is 9.52 Å². The second kappa shape index (κ2) is 18.7. The van der Waals surface area contributed by atoms with E-state index in [-0.39, 0.29) is 0 Å². The van der Waals surface area contributed by atoms with E-state index in [1.165, 1.54) is 66.8 Å². The Morgan fingerprint density at radius 2 is 0.568 bits per heavy atom. The van der Waals surface area contributed by atoms with Crippen LogP contribution < -0.4 is 0 Å². The molecule has 0 heterocycles. The van der Waals surface area contributed by atoms with Crippen molar-refractivity contribution in [2.24, 2.45) is 0 Å². The number of halogens is 2. The molecule has 1 radical (unpaired) electrons. The van der Waals surface area contributed by atoms with E-state index in [4.69, 9.17) is 19.3 Å². The molecule has 0 bridgehead atoms. The third-order valence-electron chi connectivity index (χ3n) is 7.19. The second-order valence-corrected chi connectivity index (χ2v) is 15.4. The number of hydrogen-bond donors (Lipinski definition) is 0. The third-order valence-corrected chi connectivity index (χ3v) is 7.19. The van der Waals surface area contributed by atoms with Gasteiger partial charge in [-0.25, -0.2) is 0 Å². The van der Waals surface area contributed by atoms with E-state index in [0.29, 0.717) is 0 Å². The molecular weight excluding hydrogens is 770 g/mol. The van der Waals surface area contributed by atoms with Crippen LogP contribution in [-0.2, 0) is 15.4 Å². The van der Waals surface area contributed by atoms with Gasteiger partial charge in [0.1, 0.15) is 0 Å². The first kappa shape index (κ1) is 35.5. The Hall–Kier alpha value is -2.99. The molecule has 0 aliphatic heterocycles. The normalized spacial score (nSPS) is 10.1. The molecule has 0 amide bonds. The number of benzene rings is 4. The molecule has 0 aliphatic carbocycles. The van der Waals surface area contributed by atoms with Gasteiger partial charge in [-0.15, -0.1) is 0 Å². The Balaban J connectivity index is 0.000000204. The van der Waals surface area contributed by atoms with Gasteiger partial charge in [0, 0.05) is 9.52 Å². The van der Waals surface area contributed by atoms with Crippen LogP contribution in [0.15, 0.2) is 133 Å². The Kier molecular flexibility index (Phi) is 15.1. The summed E-state index contributed by atoms with van der Waals surface area (Å²) in [6, 6.07) is 47.2. The zero-order valence-electron chi connectivity index (χ0n) is 26.4. The quantitative estimate of drug-likeness (QED) is 0.123. The average molecular weight is 811 g/mol. The van der Waals surface area contributed by atoms with Crippen LogP contribution in [-0.4, -0.2) is 9.52 Å². The van der Waals surface area contributed by atoms with Gasteiger partial charge in [-0.3, -0.25) is 0 Å². The fourth-order valence-electron chi connectivity index (χ4n) is 5.63. The van der Waals surface area contributed by atoms with Crippen molar-refractivity contribution in [3.8, 4) is 44.5 Å². The van der Waals surface area contributed by atoms with Crippen molar-refractivity contribution in [3.63, 3.8) is 0 Å². The van der Waals surface area contributed by atoms with Gasteiger partial charge in [0.25, 0.3) is 0 Å². The SMILES string of the molecule is C[SiH]C.Cc1[cH-]c(C)c(-c2ccccc2)c1-c1ccccc1.Cc1[cH-]c(C)c(-c2ccccc2)c1-c1ccccc1.[Cl][Os][Cl]. The summed E-state index contributed by atoms with van der Waals surface area (Å²) in [6.07, 6.45) is 0. The van der Waals surface area contributed by atoms with Gasteiger partial charge in [-0.1, -0.05) is 184 Å². The van der Waals surface area contributed by atoms with Crippen molar-refractivity contribution < 1.29 is 15.4 Å². The zero-order valence-corrected chi connectivity index (χ0v) is 31.6. The summed E-state index contributed by atoms with van der Waals surface area (Å²) in [5.74, 6) is 0. The zero-order chi connectivity index (χ0) is 31.9.